The zero-order valence-electron chi connectivity index (χ0n) is 3.85. The molecule has 0 rings (SSSR count). The van der Waals surface area contributed by atoms with E-state index in [2.05, 4.69) is 19.2 Å². The van der Waals surface area contributed by atoms with Gasteiger partial charge in [-0.2, -0.15) is 21.0 Å². The molecule has 0 atom stereocenters. The van der Waals surface area contributed by atoms with E-state index in [-0.39, 0.29) is 0 Å². The molecule has 0 amide bonds. The van der Waals surface area contributed by atoms with Crippen LogP contribution in [-0.2, 0) is 10.4 Å². The second-order valence-electron chi connectivity index (χ2n) is 0.630. The van der Waals surface area contributed by atoms with Crippen molar-refractivity contribution >= 4 is 23.0 Å². The van der Waals surface area contributed by atoms with Gasteiger partial charge in [-0.1, -0.05) is 6.58 Å². The summed E-state index contributed by atoms with van der Waals surface area (Å²) >= 11 is 3.55. The molecule has 0 heterocycles. The third kappa shape index (κ3) is 91600. The second-order valence-corrected chi connectivity index (χ2v) is 1.89. The first kappa shape index (κ1) is 10.9. The second kappa shape index (κ2) is 5.10. The Morgan fingerprint density at radius 2 is 1.50 bits per heavy atom. The highest BCUT2D eigenvalue weighted by atomic mass is 32.3. The fourth-order valence-corrected chi connectivity index (χ4v) is 0. The van der Waals surface area contributed by atoms with Crippen LogP contribution >= 0.6 is 12.6 Å². The lowest BCUT2D eigenvalue weighted by atomic mass is 11.3. The molecule has 0 aromatic rings. The lowest BCUT2D eigenvalue weighted by Gasteiger charge is -1.68. The van der Waals surface area contributed by atoms with Gasteiger partial charge in [0.15, 0.2) is 0 Å². The first-order chi connectivity index (χ1) is 3.41. The highest BCUT2D eigenvalue weighted by molar-refractivity contribution is 7.83. The van der Waals surface area contributed by atoms with Gasteiger partial charge >= 0.3 is 10.4 Å². The molecule has 2 N–H and O–H groups in total. The van der Waals surface area contributed by atoms with Crippen molar-refractivity contribution in [3.63, 3.8) is 0 Å². The first-order valence-corrected chi connectivity index (χ1v) is 3.28. The van der Waals surface area contributed by atoms with Crippen molar-refractivity contribution in [2.45, 2.75) is 0 Å². The predicted octanol–water partition coefficient (Wildman–Crippen LogP) is 0.407. The average Bonchev–Trinajstić information content (AvgIpc) is 1.27. The number of hydrogen-bond donors (Lipinski definition) is 3. The lowest BCUT2D eigenvalue weighted by molar-refractivity contribution is 0.381. The lowest BCUT2D eigenvalue weighted by Crippen LogP contribution is -1.89. The van der Waals surface area contributed by atoms with E-state index in [0.29, 0.717) is 0 Å². The van der Waals surface area contributed by atoms with E-state index < -0.39 is 10.4 Å². The Bertz CT molecular complexity index is 126. The Morgan fingerprint density at radius 1 is 1.50 bits per heavy atom. The van der Waals surface area contributed by atoms with E-state index in [0.717, 1.165) is 0 Å². The van der Waals surface area contributed by atoms with Gasteiger partial charge in [0.2, 0.25) is 0 Å². The molecule has 4 nitrogen and oxygen atoms in total. The molecule has 0 radical (unpaired) electrons. The molecule has 0 aliphatic carbocycles. The topological polar surface area (TPSA) is 74.6 Å². The minimum atomic E-state index is -4.67. The fraction of sp³-hybridized carbons (Fsp3) is 0. The monoisotopic (exact) mass is 158 g/mol. The molecular formula is C2H6O4S2. The quantitative estimate of drug-likeness (QED) is 0.352. The molecule has 0 saturated carbocycles. The molecule has 0 aromatic heterocycles. The van der Waals surface area contributed by atoms with Crippen molar-refractivity contribution < 1.29 is 17.5 Å². The maximum absolute atomic E-state index is 8.74. The maximum atomic E-state index is 8.74. The summed E-state index contributed by atoms with van der Waals surface area (Å²) in [6, 6.07) is 0. The van der Waals surface area contributed by atoms with Crippen LogP contribution in [0.15, 0.2) is 12.0 Å². The molecule has 0 aliphatic rings. The number of thiol groups is 1. The van der Waals surface area contributed by atoms with Gasteiger partial charge in [0.25, 0.3) is 0 Å². The molecule has 0 saturated heterocycles. The van der Waals surface area contributed by atoms with Crippen molar-refractivity contribution in [1.29, 1.82) is 0 Å². The fourth-order valence-electron chi connectivity index (χ4n) is 0. The highest BCUT2D eigenvalue weighted by Crippen LogP contribution is 1.59. The van der Waals surface area contributed by atoms with E-state index in [4.69, 9.17) is 17.5 Å². The van der Waals surface area contributed by atoms with Crippen LogP contribution < -0.4 is 0 Å². The Labute approximate surface area is 53.2 Å². The summed E-state index contributed by atoms with van der Waals surface area (Å²) in [7, 11) is -4.67. The number of hydrogen-bond acceptors (Lipinski definition) is 3. The van der Waals surface area contributed by atoms with Crippen LogP contribution in [0.1, 0.15) is 0 Å². The molecule has 0 unspecified atom stereocenters. The molecule has 8 heavy (non-hydrogen) atoms. The summed E-state index contributed by atoms with van der Waals surface area (Å²) in [6.07, 6.45) is 0. The summed E-state index contributed by atoms with van der Waals surface area (Å²) in [5, 5.41) is 1.44. The summed E-state index contributed by atoms with van der Waals surface area (Å²) in [6.45, 7) is 3.23. The first-order valence-electron chi connectivity index (χ1n) is 1.36. The SMILES string of the molecule is C=CS.O=S(=O)(O)O. The van der Waals surface area contributed by atoms with Crippen LogP contribution in [0.5, 0.6) is 0 Å². The molecule has 50 valence electrons. The predicted molar refractivity (Wildman–Crippen MR) is 33.4 cm³/mol. The average molecular weight is 158 g/mol. The van der Waals surface area contributed by atoms with Gasteiger partial charge in [0, 0.05) is 0 Å². The van der Waals surface area contributed by atoms with Crippen LogP contribution in [0.2, 0.25) is 0 Å². The minimum Gasteiger partial charge on any atom is -0.264 e. The molecule has 0 spiro atoms. The van der Waals surface area contributed by atoms with Crippen molar-refractivity contribution in [1.82, 2.24) is 0 Å². The Hall–Kier alpha value is -0.0400. The van der Waals surface area contributed by atoms with Gasteiger partial charge in [-0.15, -0.1) is 0 Å². The van der Waals surface area contributed by atoms with Crippen molar-refractivity contribution in [3.8, 4) is 0 Å². The summed E-state index contributed by atoms with van der Waals surface area (Å²) in [4.78, 5) is 0. The van der Waals surface area contributed by atoms with E-state index >= 15 is 0 Å². The minimum absolute atomic E-state index is 1.44. The molecule has 0 fully saturated rings. The standard InChI is InChI=1S/C2H4S.H2O4S/c1-2-3;1-5(2,3)4/h2-3H,1H2;(H2,1,2,3,4). The van der Waals surface area contributed by atoms with E-state index in [9.17, 15) is 0 Å². The van der Waals surface area contributed by atoms with Crippen LogP contribution in [0.4, 0.5) is 0 Å². The van der Waals surface area contributed by atoms with Crippen LogP contribution in [0.25, 0.3) is 0 Å². The van der Waals surface area contributed by atoms with E-state index in [1.165, 1.54) is 5.41 Å². The van der Waals surface area contributed by atoms with Gasteiger partial charge in [-0.3, -0.25) is 9.11 Å². The highest BCUT2D eigenvalue weighted by Gasteiger charge is 1.84. The maximum Gasteiger partial charge on any atom is 0.394 e. The van der Waals surface area contributed by atoms with Crippen LogP contribution in [0.3, 0.4) is 0 Å². The third-order valence-electron chi connectivity index (χ3n) is 0. The van der Waals surface area contributed by atoms with Gasteiger partial charge in [0.05, 0.1) is 0 Å². The van der Waals surface area contributed by atoms with Gasteiger partial charge < -0.3 is 0 Å². The summed E-state index contributed by atoms with van der Waals surface area (Å²) in [5.41, 5.74) is 0. The third-order valence-corrected chi connectivity index (χ3v) is 0. The number of rotatable bonds is 0. The normalized spacial score (nSPS) is 8.88. The van der Waals surface area contributed by atoms with Gasteiger partial charge in [0.1, 0.15) is 0 Å². The van der Waals surface area contributed by atoms with Gasteiger partial charge in [-0.05, 0) is 5.41 Å². The summed E-state index contributed by atoms with van der Waals surface area (Å²) < 4.78 is 31.6. The summed E-state index contributed by atoms with van der Waals surface area (Å²) in [5.74, 6) is 0. The van der Waals surface area contributed by atoms with Crippen LogP contribution in [-0.4, -0.2) is 17.5 Å². The Balaban J connectivity index is 0. The molecule has 0 aliphatic heterocycles. The Morgan fingerprint density at radius 3 is 1.50 bits per heavy atom. The van der Waals surface area contributed by atoms with E-state index in [1.54, 1.807) is 0 Å². The molecule has 0 bridgehead atoms. The van der Waals surface area contributed by atoms with E-state index in [1.807, 2.05) is 0 Å². The van der Waals surface area contributed by atoms with Crippen molar-refractivity contribution in [2.75, 3.05) is 0 Å². The van der Waals surface area contributed by atoms with Crippen molar-refractivity contribution in [2.24, 2.45) is 0 Å². The smallest absolute Gasteiger partial charge is 0.264 e. The Kier molecular flexibility index (Phi) is 6.93. The van der Waals surface area contributed by atoms with Crippen molar-refractivity contribution in [3.05, 3.63) is 12.0 Å². The molecule has 0 aromatic carbocycles. The largest absolute Gasteiger partial charge is 0.394 e. The molecule has 6 heteroatoms. The van der Waals surface area contributed by atoms with Gasteiger partial charge in [-0.25, -0.2) is 0 Å². The van der Waals surface area contributed by atoms with Crippen LogP contribution in [0, 0.1) is 0 Å². The molecular weight excluding hydrogens is 152 g/mol. The zero-order chi connectivity index (χ0) is 7.21. The zero-order valence-corrected chi connectivity index (χ0v) is 5.56.